The molecular formula is C20H15N2O3-. The van der Waals surface area contributed by atoms with Crippen molar-refractivity contribution in [2.75, 3.05) is 5.01 Å². The molecular weight excluding hydrogens is 316 g/mol. The van der Waals surface area contributed by atoms with Crippen molar-refractivity contribution in [3.63, 3.8) is 0 Å². The Hall–Kier alpha value is -3.47. The van der Waals surface area contributed by atoms with Gasteiger partial charge in [0.25, 0.3) is 5.91 Å². The highest BCUT2D eigenvalue weighted by molar-refractivity contribution is 6.30. The van der Waals surface area contributed by atoms with E-state index >= 15 is 0 Å². The van der Waals surface area contributed by atoms with Crippen molar-refractivity contribution in [1.29, 1.82) is 0 Å². The molecule has 0 spiro atoms. The number of hydrogen-bond acceptors (Lipinski definition) is 4. The SMILES string of the molecule is CC1=NN(c2cccc(C(=O)[O-])c2)C(=O)/C1=C\C=C/c1ccccc1. The molecule has 1 amide bonds. The minimum absolute atomic E-state index is 0.000411. The molecule has 2 aromatic rings. The fraction of sp³-hybridized carbons (Fsp3) is 0.0500. The molecule has 0 aliphatic carbocycles. The zero-order chi connectivity index (χ0) is 17.8. The normalized spacial score (nSPS) is 15.9. The second-order valence-electron chi connectivity index (χ2n) is 5.49. The first kappa shape index (κ1) is 16.4. The lowest BCUT2D eigenvalue weighted by molar-refractivity contribution is -0.255. The zero-order valence-corrected chi connectivity index (χ0v) is 13.5. The largest absolute Gasteiger partial charge is 0.545 e. The van der Waals surface area contributed by atoms with Gasteiger partial charge in [-0.3, -0.25) is 4.79 Å². The Balaban J connectivity index is 1.84. The molecule has 0 atom stereocenters. The van der Waals surface area contributed by atoms with Gasteiger partial charge in [-0.2, -0.15) is 10.1 Å². The van der Waals surface area contributed by atoms with Gasteiger partial charge >= 0.3 is 0 Å². The second kappa shape index (κ2) is 6.97. The van der Waals surface area contributed by atoms with Gasteiger partial charge < -0.3 is 9.90 Å². The molecule has 0 aromatic heterocycles. The molecule has 3 rings (SSSR count). The number of carboxylic acid groups (broad SMARTS) is 1. The number of hydrazone groups is 1. The maximum absolute atomic E-state index is 12.6. The summed E-state index contributed by atoms with van der Waals surface area (Å²) < 4.78 is 0. The monoisotopic (exact) mass is 331 g/mol. The number of hydrogen-bond donors (Lipinski definition) is 0. The molecule has 0 unspecified atom stereocenters. The van der Waals surface area contributed by atoms with Crippen LogP contribution in [0.4, 0.5) is 5.69 Å². The van der Waals surface area contributed by atoms with Gasteiger partial charge in [0, 0.05) is 0 Å². The van der Waals surface area contributed by atoms with E-state index < -0.39 is 5.97 Å². The quantitative estimate of drug-likeness (QED) is 0.808. The third-order valence-corrected chi connectivity index (χ3v) is 3.74. The Labute approximate surface area is 145 Å². The summed E-state index contributed by atoms with van der Waals surface area (Å²) in [5.41, 5.74) is 2.45. The minimum Gasteiger partial charge on any atom is -0.545 e. The Morgan fingerprint density at radius 2 is 1.88 bits per heavy atom. The molecule has 5 nitrogen and oxygen atoms in total. The zero-order valence-electron chi connectivity index (χ0n) is 13.5. The van der Waals surface area contributed by atoms with Crippen molar-refractivity contribution in [1.82, 2.24) is 0 Å². The first-order chi connectivity index (χ1) is 12.1. The number of anilines is 1. The predicted molar refractivity (Wildman–Crippen MR) is 94.9 cm³/mol. The third kappa shape index (κ3) is 3.55. The molecule has 1 aliphatic heterocycles. The Kier molecular flexibility index (Phi) is 4.57. The van der Waals surface area contributed by atoms with E-state index in [-0.39, 0.29) is 11.5 Å². The standard InChI is InChI=1S/C20H16N2O3/c1-14-18(12-5-9-15-7-3-2-4-8-15)19(23)22(21-14)17-11-6-10-16(13-17)20(24)25/h2-13H,1H3,(H,24,25)/p-1/b9-5-,18-12-. The maximum Gasteiger partial charge on any atom is 0.280 e. The predicted octanol–water partition coefficient (Wildman–Crippen LogP) is 2.41. The van der Waals surface area contributed by atoms with Crippen LogP contribution in [0, 0.1) is 0 Å². The number of carbonyl (C=O) groups excluding carboxylic acids is 2. The van der Waals surface area contributed by atoms with Crippen LogP contribution in [0.5, 0.6) is 0 Å². The van der Waals surface area contributed by atoms with Crippen LogP contribution in [0.15, 0.2) is 77.4 Å². The minimum atomic E-state index is -1.30. The second-order valence-corrected chi connectivity index (χ2v) is 5.49. The first-order valence-corrected chi connectivity index (χ1v) is 7.71. The fourth-order valence-electron chi connectivity index (χ4n) is 2.47. The summed E-state index contributed by atoms with van der Waals surface area (Å²) in [7, 11) is 0. The van der Waals surface area contributed by atoms with Crippen LogP contribution in [-0.2, 0) is 4.79 Å². The van der Waals surface area contributed by atoms with Crippen molar-refractivity contribution in [2.24, 2.45) is 5.10 Å². The number of allylic oxidation sites excluding steroid dienone is 2. The summed E-state index contributed by atoms with van der Waals surface area (Å²) in [6.45, 7) is 1.74. The lowest BCUT2D eigenvalue weighted by atomic mass is 10.1. The molecule has 0 fully saturated rings. The first-order valence-electron chi connectivity index (χ1n) is 7.71. The van der Waals surface area contributed by atoms with Crippen LogP contribution in [-0.4, -0.2) is 17.6 Å². The van der Waals surface area contributed by atoms with Gasteiger partial charge in [0.1, 0.15) is 0 Å². The van der Waals surface area contributed by atoms with E-state index in [9.17, 15) is 14.7 Å². The summed E-state index contributed by atoms with van der Waals surface area (Å²) in [6.07, 6.45) is 5.40. The number of rotatable bonds is 4. The van der Waals surface area contributed by atoms with Crippen molar-refractivity contribution < 1.29 is 14.7 Å². The molecule has 0 bridgehead atoms. The molecule has 0 N–H and O–H groups in total. The maximum atomic E-state index is 12.6. The van der Waals surface area contributed by atoms with Gasteiger partial charge in [-0.1, -0.05) is 54.6 Å². The van der Waals surface area contributed by atoms with Gasteiger partial charge in [-0.25, -0.2) is 0 Å². The molecule has 1 heterocycles. The van der Waals surface area contributed by atoms with Gasteiger partial charge in [0.15, 0.2) is 0 Å². The van der Waals surface area contributed by atoms with Gasteiger partial charge in [0.2, 0.25) is 0 Å². The molecule has 0 saturated heterocycles. The molecule has 2 aromatic carbocycles. The smallest absolute Gasteiger partial charge is 0.280 e. The van der Waals surface area contributed by atoms with E-state index in [1.165, 1.54) is 17.1 Å². The van der Waals surface area contributed by atoms with Gasteiger partial charge in [0.05, 0.1) is 22.9 Å². The summed E-state index contributed by atoms with van der Waals surface area (Å²) in [6, 6.07) is 15.7. The number of aromatic carboxylic acids is 1. The van der Waals surface area contributed by atoms with Crippen LogP contribution >= 0.6 is 0 Å². The van der Waals surface area contributed by atoms with Crippen LogP contribution < -0.4 is 10.1 Å². The van der Waals surface area contributed by atoms with Crippen LogP contribution in [0.1, 0.15) is 22.8 Å². The van der Waals surface area contributed by atoms with Crippen molar-refractivity contribution >= 4 is 29.4 Å². The molecule has 0 saturated carbocycles. The highest BCUT2D eigenvalue weighted by atomic mass is 16.4. The summed E-state index contributed by atoms with van der Waals surface area (Å²) in [4.78, 5) is 23.6. The summed E-state index contributed by atoms with van der Waals surface area (Å²) >= 11 is 0. The topological polar surface area (TPSA) is 72.8 Å². The number of carboxylic acids is 1. The molecule has 1 aliphatic rings. The van der Waals surface area contributed by atoms with Crippen LogP contribution in [0.3, 0.4) is 0 Å². The number of benzene rings is 2. The molecule has 124 valence electrons. The molecule has 25 heavy (non-hydrogen) atoms. The van der Waals surface area contributed by atoms with E-state index in [2.05, 4.69) is 5.10 Å². The highest BCUT2D eigenvalue weighted by Crippen LogP contribution is 2.24. The van der Waals surface area contributed by atoms with Gasteiger partial charge in [-0.15, -0.1) is 0 Å². The fourth-order valence-corrected chi connectivity index (χ4v) is 2.47. The summed E-state index contributed by atoms with van der Waals surface area (Å²) in [5.74, 6) is -1.60. The highest BCUT2D eigenvalue weighted by Gasteiger charge is 2.28. The number of nitrogens with zero attached hydrogens (tertiary/aromatic N) is 2. The van der Waals surface area contributed by atoms with Crippen molar-refractivity contribution in [3.05, 3.63) is 83.4 Å². The van der Waals surface area contributed by atoms with E-state index in [4.69, 9.17) is 0 Å². The van der Waals surface area contributed by atoms with Gasteiger partial charge in [-0.05, 0) is 36.3 Å². The Bertz CT molecular complexity index is 912. The van der Waals surface area contributed by atoms with Crippen LogP contribution in [0.2, 0.25) is 0 Å². The lowest BCUT2D eigenvalue weighted by Gasteiger charge is -2.13. The molecule has 0 radical (unpaired) electrons. The van der Waals surface area contributed by atoms with E-state index in [1.54, 1.807) is 31.2 Å². The average Bonchev–Trinajstić information content (AvgIpc) is 2.91. The Morgan fingerprint density at radius 1 is 1.12 bits per heavy atom. The summed E-state index contributed by atoms with van der Waals surface area (Å²) in [5, 5.41) is 16.4. The lowest BCUT2D eigenvalue weighted by Crippen LogP contribution is -2.24. The van der Waals surface area contributed by atoms with Crippen molar-refractivity contribution in [2.45, 2.75) is 6.92 Å². The number of carbonyl (C=O) groups is 2. The Morgan fingerprint density at radius 3 is 2.60 bits per heavy atom. The van der Waals surface area contributed by atoms with Crippen LogP contribution in [0.25, 0.3) is 6.08 Å². The van der Waals surface area contributed by atoms with E-state index in [0.717, 1.165) is 5.56 Å². The third-order valence-electron chi connectivity index (χ3n) is 3.74. The molecule has 5 heteroatoms. The average molecular weight is 331 g/mol. The van der Waals surface area contributed by atoms with E-state index in [1.807, 2.05) is 36.4 Å². The van der Waals surface area contributed by atoms with E-state index in [0.29, 0.717) is 17.0 Å². The number of amides is 1. The van der Waals surface area contributed by atoms with Crippen molar-refractivity contribution in [3.8, 4) is 0 Å².